The van der Waals surface area contributed by atoms with E-state index in [4.69, 9.17) is 0 Å². The van der Waals surface area contributed by atoms with Crippen molar-refractivity contribution in [3.05, 3.63) is 83.9 Å². The predicted octanol–water partition coefficient (Wildman–Crippen LogP) is 3.88. The molecule has 1 aliphatic heterocycles. The molecule has 0 spiro atoms. The first-order valence-corrected chi connectivity index (χ1v) is 15.7. The molecule has 45 heavy (non-hydrogen) atoms. The minimum Gasteiger partial charge on any atom is -0.356 e. The van der Waals surface area contributed by atoms with Gasteiger partial charge < -0.3 is 26.1 Å². The Kier molecular flexibility index (Phi) is 14.2. The summed E-state index contributed by atoms with van der Waals surface area (Å²) in [6.45, 7) is 6.80. The van der Waals surface area contributed by atoms with Crippen LogP contribution in [-0.4, -0.2) is 55.1 Å². The number of rotatable bonds is 14. The molecule has 0 bridgehead atoms. The number of hydrogen-bond acceptors (Lipinski definition) is 5. The van der Waals surface area contributed by atoms with Crippen LogP contribution in [0.25, 0.3) is 10.8 Å². The fourth-order valence-corrected chi connectivity index (χ4v) is 5.23. The predicted molar refractivity (Wildman–Crippen MR) is 176 cm³/mol. The third-order valence-electron chi connectivity index (χ3n) is 7.32. The molecule has 0 saturated carbocycles. The number of carbonyl (C=O) groups is 5. The van der Waals surface area contributed by atoms with Gasteiger partial charge in [-0.3, -0.25) is 19.2 Å². The molecule has 0 aliphatic carbocycles. The van der Waals surface area contributed by atoms with E-state index in [0.29, 0.717) is 25.8 Å². The van der Waals surface area contributed by atoms with Gasteiger partial charge >= 0.3 is 0 Å². The number of carbonyl (C=O) groups excluding carboxylic acids is 5. The summed E-state index contributed by atoms with van der Waals surface area (Å²) in [5, 5.41) is 13.2. The van der Waals surface area contributed by atoms with Crippen LogP contribution in [0, 0.1) is 11.8 Å². The van der Waals surface area contributed by atoms with Crippen molar-refractivity contribution < 1.29 is 24.0 Å². The van der Waals surface area contributed by atoms with Gasteiger partial charge in [-0.05, 0) is 47.1 Å². The molecule has 3 unspecified atom stereocenters. The van der Waals surface area contributed by atoms with Crippen LogP contribution in [0.1, 0.15) is 57.6 Å². The average Bonchev–Trinajstić information content (AvgIpc) is 3.42. The molecule has 0 aromatic heterocycles. The van der Waals surface area contributed by atoms with Gasteiger partial charge in [0.05, 0.1) is 13.0 Å². The zero-order valence-electron chi connectivity index (χ0n) is 26.5. The zero-order chi connectivity index (χ0) is 32.6. The molecular weight excluding hydrogens is 568 g/mol. The Morgan fingerprint density at radius 2 is 1.60 bits per heavy atom. The molecule has 3 aromatic rings. The molecular formula is C36H46N4O5. The van der Waals surface area contributed by atoms with Crippen molar-refractivity contribution in [3.8, 4) is 0 Å². The van der Waals surface area contributed by atoms with E-state index in [0.717, 1.165) is 34.1 Å². The van der Waals surface area contributed by atoms with Crippen LogP contribution < -0.4 is 21.3 Å². The van der Waals surface area contributed by atoms with Gasteiger partial charge in [0.15, 0.2) is 0 Å². The number of benzene rings is 3. The summed E-state index contributed by atoms with van der Waals surface area (Å²) in [4.78, 5) is 62.0. The lowest BCUT2D eigenvalue weighted by molar-refractivity contribution is -0.130. The summed E-state index contributed by atoms with van der Waals surface area (Å²) < 4.78 is 0. The van der Waals surface area contributed by atoms with E-state index in [2.05, 4.69) is 42.0 Å². The van der Waals surface area contributed by atoms with Crippen molar-refractivity contribution in [2.45, 2.75) is 71.4 Å². The highest BCUT2D eigenvalue weighted by Gasteiger charge is 2.28. The third kappa shape index (κ3) is 12.2. The molecule has 4 rings (SSSR count). The Morgan fingerprint density at radius 1 is 0.911 bits per heavy atom. The second-order valence-corrected chi connectivity index (χ2v) is 12.1. The number of fused-ring (bicyclic) bond motifs is 1. The maximum atomic E-state index is 13.4. The molecule has 240 valence electrons. The van der Waals surface area contributed by atoms with Crippen LogP contribution >= 0.6 is 0 Å². The maximum absolute atomic E-state index is 13.4. The van der Waals surface area contributed by atoms with Crippen molar-refractivity contribution in [1.29, 1.82) is 0 Å². The topological polar surface area (TPSA) is 133 Å². The molecule has 1 heterocycles. The van der Waals surface area contributed by atoms with Gasteiger partial charge in [-0.1, -0.05) is 93.6 Å². The van der Waals surface area contributed by atoms with Gasteiger partial charge in [0.1, 0.15) is 12.3 Å². The first-order valence-electron chi connectivity index (χ1n) is 15.7. The maximum Gasteiger partial charge on any atom is 0.243 e. The van der Waals surface area contributed by atoms with Crippen LogP contribution in [0.15, 0.2) is 72.8 Å². The third-order valence-corrected chi connectivity index (χ3v) is 7.32. The molecule has 3 atom stereocenters. The summed E-state index contributed by atoms with van der Waals surface area (Å²) in [6, 6.07) is 21.7. The summed E-state index contributed by atoms with van der Waals surface area (Å²) >= 11 is 0. The normalized spacial score (nSPS) is 15.3. The number of amides is 4. The van der Waals surface area contributed by atoms with Gasteiger partial charge in [0.2, 0.25) is 23.6 Å². The first-order chi connectivity index (χ1) is 21.7. The van der Waals surface area contributed by atoms with Crippen LogP contribution in [0.5, 0.6) is 0 Å². The lowest BCUT2D eigenvalue weighted by Crippen LogP contribution is -2.51. The Morgan fingerprint density at radius 3 is 2.29 bits per heavy atom. The molecule has 4 amide bonds. The number of aldehydes is 1. The lowest BCUT2D eigenvalue weighted by atomic mass is 9.95. The summed E-state index contributed by atoms with van der Waals surface area (Å²) in [5.41, 5.74) is 1.72. The lowest BCUT2D eigenvalue weighted by Gasteiger charge is -2.22. The Balaban J connectivity index is 0.00000130. The van der Waals surface area contributed by atoms with E-state index >= 15 is 0 Å². The molecule has 3 aromatic carbocycles. The fraction of sp³-hybridized carbons (Fsp3) is 0.417. The number of nitrogens with one attached hydrogen (secondary N) is 4. The van der Waals surface area contributed by atoms with Crippen molar-refractivity contribution in [3.63, 3.8) is 0 Å². The quantitative estimate of drug-likeness (QED) is 0.205. The molecule has 9 heteroatoms. The van der Waals surface area contributed by atoms with E-state index in [-0.39, 0.29) is 49.6 Å². The summed E-state index contributed by atoms with van der Waals surface area (Å²) in [6.07, 6.45) is 2.92. The molecule has 1 fully saturated rings. The van der Waals surface area contributed by atoms with Crippen molar-refractivity contribution in [1.82, 2.24) is 21.3 Å². The second-order valence-electron chi connectivity index (χ2n) is 12.1. The van der Waals surface area contributed by atoms with Gasteiger partial charge in [-0.15, -0.1) is 0 Å². The van der Waals surface area contributed by atoms with Crippen LogP contribution in [0.4, 0.5) is 0 Å². The largest absolute Gasteiger partial charge is 0.356 e. The Labute approximate surface area is 265 Å². The molecule has 0 radical (unpaired) electrons. The van der Waals surface area contributed by atoms with Gasteiger partial charge in [-0.25, -0.2) is 0 Å². The zero-order valence-corrected chi connectivity index (χ0v) is 26.5. The Bertz CT molecular complexity index is 1420. The average molecular weight is 615 g/mol. The smallest absolute Gasteiger partial charge is 0.243 e. The minimum atomic E-state index is -0.905. The highest BCUT2D eigenvalue weighted by atomic mass is 16.2. The van der Waals surface area contributed by atoms with E-state index in [1.807, 2.05) is 72.8 Å². The van der Waals surface area contributed by atoms with Crippen LogP contribution in [0.2, 0.25) is 0 Å². The van der Waals surface area contributed by atoms with Crippen molar-refractivity contribution >= 4 is 40.7 Å². The van der Waals surface area contributed by atoms with E-state index in [9.17, 15) is 24.0 Å². The van der Waals surface area contributed by atoms with Crippen LogP contribution in [0.3, 0.4) is 0 Å². The summed E-state index contributed by atoms with van der Waals surface area (Å²) in [7, 11) is 0. The van der Waals surface area contributed by atoms with Gasteiger partial charge in [-0.2, -0.15) is 0 Å². The molecule has 4 N–H and O–H groups in total. The highest BCUT2D eigenvalue weighted by molar-refractivity contribution is 5.92. The SMILES string of the molecule is CC(C)C.O=CCCC(CC1CCNC1=O)NC(=O)CNC(=O)C(Cc1cccc2ccccc12)NC(=O)Cc1ccccc1. The standard InChI is InChI=1S/C32H36N4O5.C4H10/c37-17-7-13-26(19-25-15-16-33-31(25)40)35-30(39)21-34-32(41)28(36-29(38)18-22-8-2-1-3-9-22)20-24-12-6-11-23-10-4-5-14-27(23)24;1-4(2)3/h1-6,8-12,14,17,25-26,28H,7,13,15-16,18-21H2,(H,33,40)(H,34,41)(H,35,39)(H,36,38);4H,1-3H3. The van der Waals surface area contributed by atoms with Gasteiger partial charge in [0, 0.05) is 31.3 Å². The monoisotopic (exact) mass is 614 g/mol. The molecule has 9 nitrogen and oxygen atoms in total. The van der Waals surface area contributed by atoms with E-state index < -0.39 is 17.9 Å². The fourth-order valence-electron chi connectivity index (χ4n) is 5.23. The Hall–Kier alpha value is -4.53. The highest BCUT2D eigenvalue weighted by Crippen LogP contribution is 2.20. The van der Waals surface area contributed by atoms with E-state index in [1.54, 1.807) is 0 Å². The van der Waals surface area contributed by atoms with Gasteiger partial charge in [0.25, 0.3) is 0 Å². The van der Waals surface area contributed by atoms with E-state index in [1.165, 1.54) is 0 Å². The first kappa shape index (κ1) is 35.0. The minimum absolute atomic E-state index is 0.0498. The van der Waals surface area contributed by atoms with Crippen LogP contribution in [-0.2, 0) is 36.8 Å². The number of hydrogen-bond donors (Lipinski definition) is 4. The van der Waals surface area contributed by atoms with Crippen molar-refractivity contribution in [2.75, 3.05) is 13.1 Å². The summed E-state index contributed by atoms with van der Waals surface area (Å²) in [5.74, 6) is -0.635. The van der Waals surface area contributed by atoms with Crippen molar-refractivity contribution in [2.24, 2.45) is 11.8 Å². The second kappa shape index (κ2) is 18.3. The molecule has 1 aliphatic rings. The molecule has 1 saturated heterocycles.